The largest absolute Gasteiger partial charge is 0.298 e. The first kappa shape index (κ1) is 15.6. The minimum absolute atomic E-state index is 0.124. The lowest BCUT2D eigenvalue weighted by Gasteiger charge is -2.14. The van der Waals surface area contributed by atoms with E-state index in [1.165, 1.54) is 19.9 Å². The number of H-pyrrole nitrogens is 1. The highest BCUT2D eigenvalue weighted by atomic mass is 16.2. The average molecular weight is 300 g/mol. The van der Waals surface area contributed by atoms with Crippen LogP contribution in [0.25, 0.3) is 11.3 Å². The summed E-state index contributed by atoms with van der Waals surface area (Å²) in [7, 11) is 0. The number of carbonyl (C=O) groups is 2. The number of nitrogens with one attached hydrogen (secondary N) is 3. The van der Waals surface area contributed by atoms with Crippen LogP contribution in [0.4, 0.5) is 5.95 Å². The third-order valence-electron chi connectivity index (χ3n) is 2.96. The Morgan fingerprint density at radius 1 is 1.14 bits per heavy atom. The smallest absolute Gasteiger partial charge is 0.252 e. The first-order valence-corrected chi connectivity index (χ1v) is 6.66. The fourth-order valence-electron chi connectivity index (χ4n) is 1.90. The first-order chi connectivity index (χ1) is 10.5. The van der Waals surface area contributed by atoms with Gasteiger partial charge in [0.2, 0.25) is 5.95 Å². The fourth-order valence-corrected chi connectivity index (χ4v) is 1.90. The Morgan fingerprint density at radius 3 is 2.36 bits per heavy atom. The summed E-state index contributed by atoms with van der Waals surface area (Å²) in [5, 5.41) is 0. The van der Waals surface area contributed by atoms with Crippen molar-refractivity contribution >= 4 is 17.5 Å². The lowest BCUT2D eigenvalue weighted by Crippen LogP contribution is -2.44. The van der Waals surface area contributed by atoms with Crippen molar-refractivity contribution in [2.75, 3.05) is 5.43 Å². The summed E-state index contributed by atoms with van der Waals surface area (Å²) in [5.41, 5.74) is 6.08. The summed E-state index contributed by atoms with van der Waals surface area (Å²) in [6, 6.07) is 9.57. The van der Waals surface area contributed by atoms with E-state index in [0.29, 0.717) is 5.69 Å². The van der Waals surface area contributed by atoms with Crippen LogP contribution in [-0.2, 0) is 9.59 Å². The van der Waals surface area contributed by atoms with Crippen molar-refractivity contribution in [2.24, 2.45) is 0 Å². The molecule has 0 aliphatic carbocycles. The van der Waals surface area contributed by atoms with Gasteiger partial charge in [-0.2, -0.15) is 0 Å². The van der Waals surface area contributed by atoms with Gasteiger partial charge in [0.25, 0.3) is 5.56 Å². The quantitative estimate of drug-likeness (QED) is 0.541. The van der Waals surface area contributed by atoms with Gasteiger partial charge in [-0.05, 0) is 13.8 Å². The molecular weight excluding hydrogens is 284 g/mol. The SMILES string of the molecule is CC(=O)C(NNc1nc(-c2ccccc2)cc(=O)[nH]1)C(C)=O. The van der Waals surface area contributed by atoms with Crippen molar-refractivity contribution in [3.8, 4) is 11.3 Å². The van der Waals surface area contributed by atoms with Gasteiger partial charge in [-0.25, -0.2) is 10.4 Å². The van der Waals surface area contributed by atoms with Gasteiger partial charge in [-0.15, -0.1) is 0 Å². The standard InChI is InChI=1S/C15H16N4O3/c1-9(20)14(10(2)21)18-19-15-16-12(8-13(22)17-15)11-6-4-3-5-7-11/h3-8,14,18H,1-2H3,(H2,16,17,19,22). The molecule has 22 heavy (non-hydrogen) atoms. The number of benzene rings is 1. The van der Waals surface area contributed by atoms with Crippen LogP contribution in [0, 0.1) is 0 Å². The number of rotatable bonds is 6. The number of aromatic nitrogens is 2. The van der Waals surface area contributed by atoms with Gasteiger partial charge in [0, 0.05) is 11.6 Å². The molecule has 114 valence electrons. The summed E-state index contributed by atoms with van der Waals surface area (Å²) in [5.74, 6) is -0.540. The van der Waals surface area contributed by atoms with Gasteiger partial charge in [0.15, 0.2) is 11.6 Å². The minimum atomic E-state index is -0.995. The summed E-state index contributed by atoms with van der Waals surface area (Å²) < 4.78 is 0. The second-order valence-corrected chi connectivity index (χ2v) is 4.77. The van der Waals surface area contributed by atoms with E-state index in [2.05, 4.69) is 20.8 Å². The molecule has 0 amide bonds. The van der Waals surface area contributed by atoms with Crippen LogP contribution in [0.15, 0.2) is 41.2 Å². The number of hydrogen-bond donors (Lipinski definition) is 3. The monoisotopic (exact) mass is 300 g/mol. The Kier molecular flexibility index (Phi) is 4.80. The van der Waals surface area contributed by atoms with Crippen molar-refractivity contribution < 1.29 is 9.59 Å². The normalized spacial score (nSPS) is 10.5. The predicted octanol–water partition coefficient (Wildman–Crippen LogP) is 0.900. The summed E-state index contributed by atoms with van der Waals surface area (Å²) in [6.45, 7) is 2.61. The molecule has 0 spiro atoms. The number of hydrazine groups is 1. The molecule has 1 aromatic heterocycles. The van der Waals surface area contributed by atoms with Gasteiger partial charge in [-0.3, -0.25) is 24.8 Å². The van der Waals surface area contributed by atoms with Gasteiger partial charge in [-0.1, -0.05) is 30.3 Å². The summed E-state index contributed by atoms with van der Waals surface area (Å²) >= 11 is 0. The summed E-state index contributed by atoms with van der Waals surface area (Å²) in [6.07, 6.45) is 0. The van der Waals surface area contributed by atoms with Crippen LogP contribution in [0.5, 0.6) is 0 Å². The zero-order valence-electron chi connectivity index (χ0n) is 12.2. The van der Waals surface area contributed by atoms with E-state index in [9.17, 15) is 14.4 Å². The summed E-state index contributed by atoms with van der Waals surface area (Å²) in [4.78, 5) is 41.1. The molecule has 0 atom stereocenters. The maximum atomic E-state index is 11.7. The molecule has 0 saturated heterocycles. The van der Waals surface area contributed by atoms with Gasteiger partial charge in [0.1, 0.15) is 6.04 Å². The molecule has 1 heterocycles. The minimum Gasteiger partial charge on any atom is -0.298 e. The first-order valence-electron chi connectivity index (χ1n) is 6.66. The lowest BCUT2D eigenvalue weighted by molar-refractivity contribution is -0.127. The number of ketones is 2. The topological polar surface area (TPSA) is 104 Å². The molecule has 2 aromatic rings. The molecule has 7 nitrogen and oxygen atoms in total. The molecule has 0 aliphatic heterocycles. The van der Waals surface area contributed by atoms with Crippen molar-refractivity contribution in [1.82, 2.24) is 15.4 Å². The van der Waals surface area contributed by atoms with Crippen LogP contribution < -0.4 is 16.4 Å². The Morgan fingerprint density at radius 2 is 1.77 bits per heavy atom. The second kappa shape index (κ2) is 6.77. The fraction of sp³-hybridized carbons (Fsp3) is 0.200. The van der Waals surface area contributed by atoms with Crippen LogP contribution in [-0.4, -0.2) is 27.6 Å². The molecule has 0 unspecified atom stereocenters. The average Bonchev–Trinajstić information content (AvgIpc) is 2.47. The molecule has 0 radical (unpaired) electrons. The number of anilines is 1. The van der Waals surface area contributed by atoms with Crippen LogP contribution >= 0.6 is 0 Å². The second-order valence-electron chi connectivity index (χ2n) is 4.77. The number of nitrogens with zero attached hydrogens (tertiary/aromatic N) is 1. The highest BCUT2D eigenvalue weighted by Gasteiger charge is 2.18. The molecule has 0 saturated carbocycles. The molecule has 2 rings (SSSR count). The Bertz CT molecular complexity index is 726. The van der Waals surface area contributed by atoms with E-state index in [-0.39, 0.29) is 23.1 Å². The van der Waals surface area contributed by atoms with Crippen molar-refractivity contribution in [1.29, 1.82) is 0 Å². The molecule has 0 aliphatic rings. The third kappa shape index (κ3) is 3.86. The molecule has 0 fully saturated rings. The number of Topliss-reactive ketones (excluding diaryl/α,β-unsaturated/α-hetero) is 2. The Balaban J connectivity index is 2.22. The molecule has 7 heteroatoms. The molecular formula is C15H16N4O3. The molecule has 0 bridgehead atoms. The number of carbonyl (C=O) groups excluding carboxylic acids is 2. The predicted molar refractivity (Wildman–Crippen MR) is 82.2 cm³/mol. The highest BCUT2D eigenvalue weighted by Crippen LogP contribution is 2.15. The van der Waals surface area contributed by atoms with Crippen LogP contribution in [0.3, 0.4) is 0 Å². The van der Waals surface area contributed by atoms with Gasteiger partial charge < -0.3 is 0 Å². The van der Waals surface area contributed by atoms with Crippen LogP contribution in [0.1, 0.15) is 13.8 Å². The third-order valence-corrected chi connectivity index (χ3v) is 2.96. The van der Waals surface area contributed by atoms with E-state index >= 15 is 0 Å². The van der Waals surface area contributed by atoms with E-state index in [1.807, 2.05) is 30.3 Å². The van der Waals surface area contributed by atoms with Crippen LogP contribution in [0.2, 0.25) is 0 Å². The molecule has 3 N–H and O–H groups in total. The number of hydrogen-bond acceptors (Lipinski definition) is 6. The van der Waals surface area contributed by atoms with E-state index < -0.39 is 6.04 Å². The molecule has 1 aromatic carbocycles. The van der Waals surface area contributed by atoms with E-state index in [0.717, 1.165) is 5.56 Å². The zero-order valence-corrected chi connectivity index (χ0v) is 12.2. The van der Waals surface area contributed by atoms with E-state index in [1.54, 1.807) is 0 Å². The van der Waals surface area contributed by atoms with Crippen molar-refractivity contribution in [3.05, 3.63) is 46.8 Å². The maximum absolute atomic E-state index is 11.7. The lowest BCUT2D eigenvalue weighted by atomic mass is 10.1. The van der Waals surface area contributed by atoms with Crippen molar-refractivity contribution in [2.45, 2.75) is 19.9 Å². The number of aromatic amines is 1. The zero-order chi connectivity index (χ0) is 16.1. The van der Waals surface area contributed by atoms with E-state index in [4.69, 9.17) is 0 Å². The Hall–Kier alpha value is -2.80. The Labute approximate surface area is 126 Å². The van der Waals surface area contributed by atoms with Gasteiger partial charge >= 0.3 is 0 Å². The maximum Gasteiger partial charge on any atom is 0.252 e. The highest BCUT2D eigenvalue weighted by molar-refractivity contribution is 6.04. The van der Waals surface area contributed by atoms with Crippen molar-refractivity contribution in [3.63, 3.8) is 0 Å². The van der Waals surface area contributed by atoms with Gasteiger partial charge in [0.05, 0.1) is 5.69 Å².